The van der Waals surface area contributed by atoms with Crippen molar-refractivity contribution in [3.63, 3.8) is 0 Å². The highest BCUT2D eigenvalue weighted by Gasteiger charge is 2.29. The lowest BCUT2D eigenvalue weighted by Crippen LogP contribution is -2.57. The maximum atomic E-state index is 12.7. The highest BCUT2D eigenvalue weighted by atomic mass is 16.6. The number of hydrogen-bond acceptors (Lipinski definition) is 5. The molecule has 0 atom stereocenters. The maximum Gasteiger partial charge on any atom is 0.409 e. The van der Waals surface area contributed by atoms with Crippen molar-refractivity contribution in [1.82, 2.24) is 19.7 Å². The smallest absolute Gasteiger partial charge is 0.409 e. The first-order chi connectivity index (χ1) is 12.2. The molecule has 3 amide bonds. The number of nitrogens with zero attached hydrogens (tertiary/aromatic N) is 5. The fraction of sp³-hybridized carbons (Fsp3) is 0.588. The van der Waals surface area contributed by atoms with Crippen molar-refractivity contribution in [2.24, 2.45) is 0 Å². The van der Waals surface area contributed by atoms with Gasteiger partial charge in [0.15, 0.2) is 0 Å². The molecule has 0 radical (unpaired) electrons. The summed E-state index contributed by atoms with van der Waals surface area (Å²) in [4.78, 5) is 36.3. The molecule has 136 valence electrons. The molecule has 8 heteroatoms. The normalized spacial score (nSPS) is 18.3. The van der Waals surface area contributed by atoms with E-state index >= 15 is 0 Å². The van der Waals surface area contributed by atoms with E-state index in [9.17, 15) is 9.59 Å². The summed E-state index contributed by atoms with van der Waals surface area (Å²) >= 11 is 0. The standard InChI is InChI=1S/C17H25N5O3/c1-2-25-17(24)22-13-11-21(12-14-22)16(23)20-9-7-19(8-10-20)15-5-3-4-6-18-15/h3-6H,2,7-14H2,1H3. The van der Waals surface area contributed by atoms with Gasteiger partial charge in [0.1, 0.15) is 5.82 Å². The van der Waals surface area contributed by atoms with Gasteiger partial charge in [-0.15, -0.1) is 0 Å². The van der Waals surface area contributed by atoms with E-state index in [1.807, 2.05) is 28.0 Å². The Balaban J connectivity index is 1.46. The molecule has 2 fully saturated rings. The van der Waals surface area contributed by atoms with E-state index in [2.05, 4.69) is 9.88 Å². The number of hydrogen-bond donors (Lipinski definition) is 0. The third kappa shape index (κ3) is 4.12. The molecule has 2 aliphatic rings. The molecular weight excluding hydrogens is 322 g/mol. The number of anilines is 1. The van der Waals surface area contributed by atoms with Crippen molar-refractivity contribution in [2.45, 2.75) is 6.92 Å². The molecule has 25 heavy (non-hydrogen) atoms. The van der Waals surface area contributed by atoms with Crippen LogP contribution in [0.2, 0.25) is 0 Å². The van der Waals surface area contributed by atoms with Crippen molar-refractivity contribution in [1.29, 1.82) is 0 Å². The van der Waals surface area contributed by atoms with Gasteiger partial charge < -0.3 is 24.3 Å². The molecular formula is C17H25N5O3. The molecule has 1 aromatic rings. The first kappa shape index (κ1) is 17.3. The van der Waals surface area contributed by atoms with Gasteiger partial charge in [-0.25, -0.2) is 14.6 Å². The Hall–Kier alpha value is -2.51. The van der Waals surface area contributed by atoms with Gasteiger partial charge in [0.05, 0.1) is 6.61 Å². The number of pyridine rings is 1. The Labute approximate surface area is 147 Å². The van der Waals surface area contributed by atoms with Crippen LogP contribution in [0.3, 0.4) is 0 Å². The van der Waals surface area contributed by atoms with Crippen LogP contribution in [0, 0.1) is 0 Å². The molecule has 0 spiro atoms. The van der Waals surface area contributed by atoms with Crippen LogP contribution in [0.1, 0.15) is 6.92 Å². The fourth-order valence-corrected chi connectivity index (χ4v) is 3.16. The van der Waals surface area contributed by atoms with Gasteiger partial charge >= 0.3 is 12.1 Å². The van der Waals surface area contributed by atoms with Gasteiger partial charge in [-0.1, -0.05) is 6.07 Å². The molecule has 8 nitrogen and oxygen atoms in total. The molecule has 2 saturated heterocycles. The Bertz CT molecular complexity index is 581. The highest BCUT2D eigenvalue weighted by molar-refractivity contribution is 5.75. The zero-order chi connectivity index (χ0) is 17.6. The summed E-state index contributed by atoms with van der Waals surface area (Å²) in [5.74, 6) is 0.956. The summed E-state index contributed by atoms with van der Waals surface area (Å²) in [5, 5.41) is 0. The number of ether oxygens (including phenoxy) is 1. The fourth-order valence-electron chi connectivity index (χ4n) is 3.16. The topological polar surface area (TPSA) is 69.2 Å². The number of carbonyl (C=O) groups excluding carboxylic acids is 2. The molecule has 0 aromatic carbocycles. The van der Waals surface area contributed by atoms with E-state index in [1.54, 1.807) is 18.0 Å². The van der Waals surface area contributed by atoms with Gasteiger partial charge in [-0.3, -0.25) is 0 Å². The van der Waals surface area contributed by atoms with E-state index in [0.717, 1.165) is 18.9 Å². The van der Waals surface area contributed by atoms with Crippen LogP contribution in [0.4, 0.5) is 15.4 Å². The van der Waals surface area contributed by atoms with Gasteiger partial charge in [0.25, 0.3) is 0 Å². The number of aromatic nitrogens is 1. The van der Waals surface area contributed by atoms with Crippen LogP contribution in [-0.2, 0) is 4.74 Å². The summed E-state index contributed by atoms with van der Waals surface area (Å²) in [6, 6.07) is 5.93. The van der Waals surface area contributed by atoms with Crippen LogP contribution in [-0.4, -0.2) is 90.8 Å². The van der Waals surface area contributed by atoms with Crippen molar-refractivity contribution in [3.05, 3.63) is 24.4 Å². The lowest BCUT2D eigenvalue weighted by Gasteiger charge is -2.40. The van der Waals surface area contributed by atoms with E-state index in [-0.39, 0.29) is 12.1 Å². The van der Waals surface area contributed by atoms with Gasteiger partial charge in [-0.2, -0.15) is 0 Å². The lowest BCUT2D eigenvalue weighted by molar-refractivity contribution is 0.0781. The Morgan fingerprint density at radius 1 is 0.960 bits per heavy atom. The van der Waals surface area contributed by atoms with Crippen LogP contribution in [0.25, 0.3) is 0 Å². The van der Waals surface area contributed by atoms with Crippen molar-refractivity contribution in [2.75, 3.05) is 63.9 Å². The minimum Gasteiger partial charge on any atom is -0.450 e. The summed E-state index contributed by atoms with van der Waals surface area (Å²) < 4.78 is 5.01. The van der Waals surface area contributed by atoms with Crippen molar-refractivity contribution in [3.8, 4) is 0 Å². The number of piperazine rings is 2. The SMILES string of the molecule is CCOC(=O)N1CCN(C(=O)N2CCN(c3ccccn3)CC2)CC1. The molecule has 3 heterocycles. The molecule has 0 bridgehead atoms. The van der Waals surface area contributed by atoms with Gasteiger partial charge in [0, 0.05) is 58.6 Å². The predicted molar refractivity (Wildman–Crippen MR) is 93.6 cm³/mol. The molecule has 0 aliphatic carbocycles. The van der Waals surface area contributed by atoms with Gasteiger partial charge in [0.2, 0.25) is 0 Å². The number of rotatable bonds is 2. The Kier molecular flexibility index (Phi) is 5.57. The molecule has 1 aromatic heterocycles. The number of urea groups is 1. The zero-order valence-corrected chi connectivity index (χ0v) is 14.6. The number of amides is 3. The van der Waals surface area contributed by atoms with Crippen molar-refractivity contribution < 1.29 is 14.3 Å². The lowest BCUT2D eigenvalue weighted by atomic mass is 10.3. The second-order valence-electron chi connectivity index (χ2n) is 6.12. The first-order valence-corrected chi connectivity index (χ1v) is 8.80. The van der Waals surface area contributed by atoms with E-state index in [0.29, 0.717) is 45.9 Å². The van der Waals surface area contributed by atoms with Crippen LogP contribution in [0.15, 0.2) is 24.4 Å². The van der Waals surface area contributed by atoms with Gasteiger partial charge in [-0.05, 0) is 19.1 Å². The van der Waals surface area contributed by atoms with E-state index in [1.165, 1.54) is 0 Å². The maximum absolute atomic E-state index is 12.7. The largest absolute Gasteiger partial charge is 0.450 e. The van der Waals surface area contributed by atoms with Crippen LogP contribution >= 0.6 is 0 Å². The summed E-state index contributed by atoms with van der Waals surface area (Å²) in [7, 11) is 0. The monoisotopic (exact) mass is 347 g/mol. The summed E-state index contributed by atoms with van der Waals surface area (Å²) in [6.07, 6.45) is 1.49. The minimum atomic E-state index is -0.293. The first-order valence-electron chi connectivity index (χ1n) is 8.80. The minimum absolute atomic E-state index is 0.0594. The Morgan fingerprint density at radius 3 is 2.12 bits per heavy atom. The molecule has 3 rings (SSSR count). The summed E-state index contributed by atoms with van der Waals surface area (Å²) in [6.45, 7) is 7.27. The average Bonchev–Trinajstić information content (AvgIpc) is 2.68. The van der Waals surface area contributed by atoms with Crippen molar-refractivity contribution >= 4 is 17.9 Å². The van der Waals surface area contributed by atoms with E-state index < -0.39 is 0 Å². The molecule has 0 N–H and O–H groups in total. The zero-order valence-electron chi connectivity index (χ0n) is 14.6. The van der Waals surface area contributed by atoms with E-state index in [4.69, 9.17) is 4.74 Å². The molecule has 0 saturated carbocycles. The second kappa shape index (κ2) is 8.04. The average molecular weight is 347 g/mol. The highest BCUT2D eigenvalue weighted by Crippen LogP contribution is 2.14. The number of carbonyl (C=O) groups is 2. The van der Waals surface area contributed by atoms with Crippen LogP contribution in [0.5, 0.6) is 0 Å². The second-order valence-corrected chi connectivity index (χ2v) is 6.12. The molecule has 0 unspecified atom stereocenters. The summed E-state index contributed by atoms with van der Waals surface area (Å²) in [5.41, 5.74) is 0. The Morgan fingerprint density at radius 2 is 1.56 bits per heavy atom. The molecule has 2 aliphatic heterocycles. The third-order valence-corrected chi connectivity index (χ3v) is 4.60. The van der Waals surface area contributed by atoms with Crippen LogP contribution < -0.4 is 4.90 Å². The predicted octanol–water partition coefficient (Wildman–Crippen LogP) is 1.10. The third-order valence-electron chi connectivity index (χ3n) is 4.60. The quantitative estimate of drug-likeness (QED) is 0.801.